The van der Waals surface area contributed by atoms with E-state index in [4.69, 9.17) is 11.6 Å². The van der Waals surface area contributed by atoms with Crippen molar-refractivity contribution < 1.29 is 0 Å². The van der Waals surface area contributed by atoms with E-state index in [1.54, 1.807) is 10.9 Å². The van der Waals surface area contributed by atoms with E-state index in [0.29, 0.717) is 5.15 Å². The third-order valence-electron chi connectivity index (χ3n) is 2.48. The van der Waals surface area contributed by atoms with Gasteiger partial charge in [0.15, 0.2) is 0 Å². The highest BCUT2D eigenvalue weighted by Crippen LogP contribution is 2.30. The van der Waals surface area contributed by atoms with Gasteiger partial charge in [-0.15, -0.1) is 0 Å². The zero-order valence-electron chi connectivity index (χ0n) is 9.48. The summed E-state index contributed by atoms with van der Waals surface area (Å²) in [6.45, 7) is 4.15. The Kier molecular flexibility index (Phi) is 2.92. The molecule has 0 bridgehead atoms. The van der Waals surface area contributed by atoms with Crippen LogP contribution < -0.4 is 0 Å². The van der Waals surface area contributed by atoms with E-state index in [-0.39, 0.29) is 5.92 Å². The minimum atomic E-state index is 0.276. The molecular weight excluding hydrogens is 224 g/mol. The third-order valence-corrected chi connectivity index (χ3v) is 2.78. The SMILES string of the molecule is CC(C)c1c(Cl)ncnc1-c1ccnn1C. The standard InChI is InChI=1S/C11H13ClN4/c1-7(2)9-10(13-6-14-11(9)12)8-4-5-15-16(8)3/h4-7H,1-3H3. The monoisotopic (exact) mass is 236 g/mol. The molecule has 2 aromatic heterocycles. The molecule has 4 nitrogen and oxygen atoms in total. The topological polar surface area (TPSA) is 43.6 Å². The van der Waals surface area contributed by atoms with Crippen molar-refractivity contribution in [3.05, 3.63) is 29.3 Å². The minimum Gasteiger partial charge on any atom is -0.266 e. The molecule has 0 amide bonds. The highest BCUT2D eigenvalue weighted by Gasteiger charge is 2.16. The molecule has 2 aromatic rings. The Hall–Kier alpha value is -1.42. The summed E-state index contributed by atoms with van der Waals surface area (Å²) in [6.07, 6.45) is 3.23. The molecule has 0 saturated heterocycles. The molecule has 2 heterocycles. The van der Waals surface area contributed by atoms with Crippen LogP contribution in [0.1, 0.15) is 25.3 Å². The van der Waals surface area contributed by atoms with Crippen molar-refractivity contribution in [3.8, 4) is 11.4 Å². The molecule has 0 radical (unpaired) electrons. The number of nitrogens with zero attached hydrogens (tertiary/aromatic N) is 4. The molecule has 0 aromatic carbocycles. The Balaban J connectivity index is 2.66. The summed E-state index contributed by atoms with van der Waals surface area (Å²) in [6, 6.07) is 1.92. The third kappa shape index (κ3) is 1.80. The van der Waals surface area contributed by atoms with E-state index in [2.05, 4.69) is 28.9 Å². The fourth-order valence-electron chi connectivity index (χ4n) is 1.70. The maximum absolute atomic E-state index is 6.11. The number of aryl methyl sites for hydroxylation is 1. The number of aromatic nitrogens is 4. The molecule has 16 heavy (non-hydrogen) atoms. The molecule has 0 unspecified atom stereocenters. The molecular formula is C11H13ClN4. The second-order valence-corrected chi connectivity index (χ2v) is 4.28. The Morgan fingerprint density at radius 1 is 1.31 bits per heavy atom. The van der Waals surface area contributed by atoms with E-state index < -0.39 is 0 Å². The van der Waals surface area contributed by atoms with Gasteiger partial charge in [-0.1, -0.05) is 25.4 Å². The first kappa shape index (κ1) is 11.1. The largest absolute Gasteiger partial charge is 0.266 e. The van der Waals surface area contributed by atoms with Gasteiger partial charge in [-0.2, -0.15) is 5.10 Å². The van der Waals surface area contributed by atoms with Crippen molar-refractivity contribution >= 4 is 11.6 Å². The Bertz CT molecular complexity index is 504. The molecule has 0 N–H and O–H groups in total. The molecule has 0 fully saturated rings. The van der Waals surface area contributed by atoms with Crippen LogP contribution in [0.5, 0.6) is 0 Å². The van der Waals surface area contributed by atoms with Crippen LogP contribution in [0.15, 0.2) is 18.6 Å². The lowest BCUT2D eigenvalue weighted by molar-refractivity contribution is 0.766. The fraction of sp³-hybridized carbons (Fsp3) is 0.364. The van der Waals surface area contributed by atoms with Gasteiger partial charge in [-0.25, -0.2) is 9.97 Å². The zero-order valence-corrected chi connectivity index (χ0v) is 10.2. The molecule has 0 aliphatic carbocycles. The van der Waals surface area contributed by atoms with E-state index in [9.17, 15) is 0 Å². The van der Waals surface area contributed by atoms with Crippen molar-refractivity contribution in [1.29, 1.82) is 0 Å². The summed E-state index contributed by atoms with van der Waals surface area (Å²) in [5, 5.41) is 4.65. The van der Waals surface area contributed by atoms with E-state index in [0.717, 1.165) is 17.0 Å². The molecule has 0 aliphatic rings. The van der Waals surface area contributed by atoms with Gasteiger partial charge in [0.25, 0.3) is 0 Å². The number of rotatable bonds is 2. The van der Waals surface area contributed by atoms with Gasteiger partial charge < -0.3 is 0 Å². The van der Waals surface area contributed by atoms with Gasteiger partial charge >= 0.3 is 0 Å². The zero-order chi connectivity index (χ0) is 11.7. The highest BCUT2D eigenvalue weighted by atomic mass is 35.5. The first-order chi connectivity index (χ1) is 7.61. The first-order valence-electron chi connectivity index (χ1n) is 5.10. The summed E-state index contributed by atoms with van der Waals surface area (Å²) in [5.41, 5.74) is 2.77. The van der Waals surface area contributed by atoms with Crippen LogP contribution in [-0.4, -0.2) is 19.7 Å². The molecule has 0 atom stereocenters. The lowest BCUT2D eigenvalue weighted by Gasteiger charge is -2.12. The first-order valence-corrected chi connectivity index (χ1v) is 5.47. The normalized spacial score (nSPS) is 11.1. The Labute approximate surface area is 99.3 Å². The van der Waals surface area contributed by atoms with Crippen LogP contribution in [0.3, 0.4) is 0 Å². The fourth-order valence-corrected chi connectivity index (χ4v) is 2.05. The van der Waals surface area contributed by atoms with Crippen molar-refractivity contribution in [2.75, 3.05) is 0 Å². The highest BCUT2D eigenvalue weighted by molar-refractivity contribution is 6.30. The average molecular weight is 237 g/mol. The lowest BCUT2D eigenvalue weighted by atomic mass is 10.0. The maximum Gasteiger partial charge on any atom is 0.136 e. The van der Waals surface area contributed by atoms with Gasteiger partial charge in [0.05, 0.1) is 11.4 Å². The van der Waals surface area contributed by atoms with Crippen LogP contribution >= 0.6 is 11.6 Å². The predicted octanol–water partition coefficient (Wildman–Crippen LogP) is 2.65. The molecule has 2 rings (SSSR count). The Morgan fingerprint density at radius 2 is 2.06 bits per heavy atom. The molecule has 0 spiro atoms. The second-order valence-electron chi connectivity index (χ2n) is 3.92. The van der Waals surface area contributed by atoms with Crippen molar-refractivity contribution in [3.63, 3.8) is 0 Å². The van der Waals surface area contributed by atoms with Gasteiger partial charge in [-0.05, 0) is 12.0 Å². The lowest BCUT2D eigenvalue weighted by Crippen LogP contribution is -2.02. The molecule has 5 heteroatoms. The Morgan fingerprint density at radius 3 is 2.62 bits per heavy atom. The second kappa shape index (κ2) is 4.22. The summed E-state index contributed by atoms with van der Waals surface area (Å²) in [7, 11) is 1.88. The van der Waals surface area contributed by atoms with Crippen LogP contribution in [0.2, 0.25) is 5.15 Å². The van der Waals surface area contributed by atoms with Crippen LogP contribution in [0.4, 0.5) is 0 Å². The number of halogens is 1. The summed E-state index contributed by atoms with van der Waals surface area (Å²) in [5.74, 6) is 0.276. The number of hydrogen-bond donors (Lipinski definition) is 0. The van der Waals surface area contributed by atoms with Crippen LogP contribution in [0.25, 0.3) is 11.4 Å². The van der Waals surface area contributed by atoms with E-state index in [1.807, 2.05) is 13.1 Å². The van der Waals surface area contributed by atoms with Gasteiger partial charge in [0.2, 0.25) is 0 Å². The molecule has 84 valence electrons. The van der Waals surface area contributed by atoms with Crippen LogP contribution in [-0.2, 0) is 7.05 Å². The smallest absolute Gasteiger partial charge is 0.136 e. The van der Waals surface area contributed by atoms with E-state index >= 15 is 0 Å². The summed E-state index contributed by atoms with van der Waals surface area (Å²) >= 11 is 6.11. The van der Waals surface area contributed by atoms with Gasteiger partial charge in [0, 0.05) is 18.8 Å². The average Bonchev–Trinajstić information content (AvgIpc) is 2.63. The van der Waals surface area contributed by atoms with Crippen molar-refractivity contribution in [1.82, 2.24) is 19.7 Å². The quantitative estimate of drug-likeness (QED) is 0.753. The van der Waals surface area contributed by atoms with Crippen molar-refractivity contribution in [2.24, 2.45) is 7.05 Å². The number of hydrogen-bond acceptors (Lipinski definition) is 3. The molecule has 0 saturated carbocycles. The minimum absolute atomic E-state index is 0.276. The maximum atomic E-state index is 6.11. The van der Waals surface area contributed by atoms with Gasteiger partial charge in [-0.3, -0.25) is 4.68 Å². The van der Waals surface area contributed by atoms with Crippen molar-refractivity contribution in [2.45, 2.75) is 19.8 Å². The predicted molar refractivity (Wildman–Crippen MR) is 63.3 cm³/mol. The van der Waals surface area contributed by atoms with E-state index in [1.165, 1.54) is 6.33 Å². The summed E-state index contributed by atoms with van der Waals surface area (Å²) < 4.78 is 1.78. The molecule has 0 aliphatic heterocycles. The summed E-state index contributed by atoms with van der Waals surface area (Å²) in [4.78, 5) is 8.33. The van der Waals surface area contributed by atoms with Gasteiger partial charge in [0.1, 0.15) is 11.5 Å². The van der Waals surface area contributed by atoms with Crippen LogP contribution in [0, 0.1) is 0 Å².